The van der Waals surface area contributed by atoms with Gasteiger partial charge < -0.3 is 24.0 Å². The molecule has 4 rings (SSSR count). The van der Waals surface area contributed by atoms with Crippen molar-refractivity contribution in [1.82, 2.24) is 15.0 Å². The van der Waals surface area contributed by atoms with Gasteiger partial charge in [0.05, 0.1) is 33.2 Å². The Kier molecular flexibility index (Phi) is 8.41. The number of methoxy groups -OCH3 is 3. The molecule has 0 saturated carbocycles. The minimum Gasteiger partial charge on any atom is -0.493 e. The van der Waals surface area contributed by atoms with E-state index in [4.69, 9.17) is 24.0 Å². The number of ether oxygens (including phenoxy) is 3. The van der Waals surface area contributed by atoms with Crippen LogP contribution in [-0.4, -0.2) is 58.7 Å². The van der Waals surface area contributed by atoms with Crippen LogP contribution in [0, 0.1) is 11.2 Å². The van der Waals surface area contributed by atoms with Gasteiger partial charge in [0.1, 0.15) is 18.4 Å². The van der Waals surface area contributed by atoms with Crippen LogP contribution in [0.25, 0.3) is 0 Å². The van der Waals surface area contributed by atoms with Gasteiger partial charge in [-0.05, 0) is 35.7 Å². The maximum atomic E-state index is 14.8. The summed E-state index contributed by atoms with van der Waals surface area (Å²) in [5.74, 6) is 0.866. The van der Waals surface area contributed by atoms with E-state index in [0.717, 1.165) is 16.7 Å². The van der Waals surface area contributed by atoms with E-state index in [2.05, 4.69) is 19.5 Å². The SMILES string of the molecule is COc1cc(Cc2ncc(F)c(Cc3ccc4c(n3)N(COP(=O)(O)O)C(=O)C(C)(C)C4)n2)cc(OC)c1OC. The molecule has 3 aromatic rings. The third-order valence-corrected chi connectivity index (χ3v) is 6.83. The molecule has 0 unspecified atom stereocenters. The predicted molar refractivity (Wildman–Crippen MR) is 141 cm³/mol. The van der Waals surface area contributed by atoms with Gasteiger partial charge in [-0.15, -0.1) is 0 Å². The summed E-state index contributed by atoms with van der Waals surface area (Å²) in [6, 6.07) is 6.97. The molecule has 214 valence electrons. The predicted octanol–water partition coefficient (Wildman–Crippen LogP) is 3.20. The highest BCUT2D eigenvalue weighted by Gasteiger charge is 2.40. The van der Waals surface area contributed by atoms with Crippen LogP contribution in [0.1, 0.15) is 42.2 Å². The number of rotatable bonds is 10. The van der Waals surface area contributed by atoms with E-state index in [1.807, 2.05) is 0 Å². The van der Waals surface area contributed by atoms with Crippen molar-refractivity contribution < 1.29 is 42.3 Å². The molecule has 0 bridgehead atoms. The average molecular weight is 577 g/mol. The van der Waals surface area contributed by atoms with Crippen LogP contribution in [0.4, 0.5) is 10.2 Å². The maximum absolute atomic E-state index is 14.8. The van der Waals surface area contributed by atoms with E-state index in [9.17, 15) is 13.8 Å². The van der Waals surface area contributed by atoms with Crippen LogP contribution < -0.4 is 19.1 Å². The van der Waals surface area contributed by atoms with Gasteiger partial charge in [-0.1, -0.05) is 19.9 Å². The highest BCUT2D eigenvalue weighted by molar-refractivity contribution is 7.46. The fraction of sp³-hybridized carbons (Fsp3) is 0.385. The normalized spacial score (nSPS) is 14.6. The number of aromatic nitrogens is 3. The quantitative estimate of drug-likeness (QED) is 0.342. The Labute approximate surface area is 230 Å². The lowest BCUT2D eigenvalue weighted by Gasteiger charge is -2.37. The molecule has 0 aliphatic carbocycles. The van der Waals surface area contributed by atoms with E-state index >= 15 is 0 Å². The minimum atomic E-state index is -4.85. The summed E-state index contributed by atoms with van der Waals surface area (Å²) in [7, 11) is -0.328. The van der Waals surface area contributed by atoms with E-state index in [-0.39, 0.29) is 24.4 Å². The summed E-state index contributed by atoms with van der Waals surface area (Å²) in [5.41, 5.74) is 1.08. The molecule has 40 heavy (non-hydrogen) atoms. The number of carbonyl (C=O) groups is 1. The first-order valence-corrected chi connectivity index (χ1v) is 13.7. The molecule has 2 N–H and O–H groups in total. The molecule has 1 aliphatic heterocycles. The molecule has 0 radical (unpaired) electrons. The van der Waals surface area contributed by atoms with E-state index in [0.29, 0.717) is 40.8 Å². The highest BCUT2D eigenvalue weighted by Crippen LogP contribution is 2.41. The van der Waals surface area contributed by atoms with Gasteiger partial charge in [0.25, 0.3) is 0 Å². The molecule has 1 amide bonds. The van der Waals surface area contributed by atoms with E-state index in [1.165, 1.54) is 21.3 Å². The molecule has 0 atom stereocenters. The lowest BCUT2D eigenvalue weighted by molar-refractivity contribution is -0.127. The number of phosphoric ester groups is 1. The van der Waals surface area contributed by atoms with Crippen molar-refractivity contribution in [3.63, 3.8) is 0 Å². The van der Waals surface area contributed by atoms with Crippen molar-refractivity contribution in [2.45, 2.75) is 33.1 Å². The summed E-state index contributed by atoms with van der Waals surface area (Å²) >= 11 is 0. The number of hydrogen-bond acceptors (Lipinski definition) is 9. The summed E-state index contributed by atoms with van der Waals surface area (Å²) < 4.78 is 46.8. The van der Waals surface area contributed by atoms with Gasteiger partial charge in [-0.3, -0.25) is 14.2 Å². The molecule has 0 fully saturated rings. The number of hydrogen-bond donors (Lipinski definition) is 2. The van der Waals surface area contributed by atoms with Gasteiger partial charge in [0.15, 0.2) is 17.3 Å². The van der Waals surface area contributed by atoms with Crippen molar-refractivity contribution in [2.24, 2.45) is 5.41 Å². The first-order chi connectivity index (χ1) is 18.8. The molecule has 2 aromatic heterocycles. The van der Waals surface area contributed by atoms with Crippen LogP contribution in [0.2, 0.25) is 0 Å². The Hall–Kier alpha value is -3.64. The average Bonchev–Trinajstić information content (AvgIpc) is 2.89. The number of amides is 1. The second-order valence-corrected chi connectivity index (χ2v) is 11.0. The van der Waals surface area contributed by atoms with E-state index < -0.39 is 31.7 Å². The summed E-state index contributed by atoms with van der Waals surface area (Å²) in [6.45, 7) is 2.77. The third kappa shape index (κ3) is 6.39. The number of benzene rings is 1. The zero-order valence-corrected chi connectivity index (χ0v) is 23.6. The molecule has 1 aromatic carbocycles. The monoisotopic (exact) mass is 576 g/mol. The minimum absolute atomic E-state index is 0.0192. The van der Waals surface area contributed by atoms with Crippen LogP contribution in [-0.2, 0) is 33.1 Å². The topological polar surface area (TPSA) is 153 Å². The number of halogens is 1. The number of phosphoric acid groups is 1. The summed E-state index contributed by atoms with van der Waals surface area (Å²) in [4.78, 5) is 45.5. The highest BCUT2D eigenvalue weighted by atomic mass is 31.2. The summed E-state index contributed by atoms with van der Waals surface area (Å²) in [5, 5.41) is 0. The van der Waals surface area contributed by atoms with Crippen LogP contribution in [0.15, 0.2) is 30.5 Å². The van der Waals surface area contributed by atoms with Crippen molar-refractivity contribution in [2.75, 3.05) is 33.0 Å². The van der Waals surface area contributed by atoms with Crippen LogP contribution >= 0.6 is 7.82 Å². The second kappa shape index (κ2) is 11.5. The molecule has 12 nitrogen and oxygen atoms in total. The fourth-order valence-electron chi connectivity index (χ4n) is 4.50. The number of anilines is 1. The molecule has 0 saturated heterocycles. The van der Waals surface area contributed by atoms with Crippen molar-refractivity contribution in [3.05, 3.63) is 64.6 Å². The third-order valence-electron chi connectivity index (χ3n) is 6.38. The van der Waals surface area contributed by atoms with E-state index in [1.54, 1.807) is 38.1 Å². The largest absolute Gasteiger partial charge is 0.493 e. The molecular formula is C26H30FN4O8P. The Morgan fingerprint density at radius 1 is 1.05 bits per heavy atom. The Bertz CT molecular complexity index is 1450. The Balaban J connectivity index is 1.62. The zero-order chi connectivity index (χ0) is 29.2. The molecule has 1 aliphatic rings. The number of fused-ring (bicyclic) bond motifs is 1. The number of nitrogens with zero attached hydrogens (tertiary/aromatic N) is 4. The molecular weight excluding hydrogens is 546 g/mol. The van der Waals surface area contributed by atoms with Gasteiger partial charge >= 0.3 is 7.82 Å². The van der Waals surface area contributed by atoms with Gasteiger partial charge in [-0.25, -0.2) is 23.9 Å². The van der Waals surface area contributed by atoms with Crippen LogP contribution in [0.3, 0.4) is 0 Å². The first kappa shape index (κ1) is 29.3. The lowest BCUT2D eigenvalue weighted by Crippen LogP contribution is -2.47. The van der Waals surface area contributed by atoms with Gasteiger partial charge in [-0.2, -0.15) is 0 Å². The molecule has 14 heteroatoms. The second-order valence-electron chi connectivity index (χ2n) is 9.80. The summed E-state index contributed by atoms with van der Waals surface area (Å²) in [6.07, 6.45) is 1.68. The zero-order valence-electron chi connectivity index (χ0n) is 22.7. The molecule has 3 heterocycles. The van der Waals surface area contributed by atoms with Crippen molar-refractivity contribution in [3.8, 4) is 17.2 Å². The first-order valence-electron chi connectivity index (χ1n) is 12.1. The number of carbonyl (C=O) groups excluding carboxylic acids is 1. The Morgan fingerprint density at radius 2 is 1.73 bits per heavy atom. The fourth-order valence-corrected chi connectivity index (χ4v) is 4.76. The van der Waals surface area contributed by atoms with Crippen molar-refractivity contribution in [1.29, 1.82) is 0 Å². The standard InChI is InChI=1S/C26H30FN4O8P/c1-26(2)12-16-6-7-17(29-24(16)31(25(26)32)14-39-40(33,34)35)11-19-18(27)13-28-22(30-19)10-15-8-20(36-3)23(38-5)21(9-15)37-4/h6-9,13H,10-12,14H2,1-5H3,(H2,33,34,35). The number of pyridine rings is 1. The Morgan fingerprint density at radius 3 is 2.33 bits per heavy atom. The maximum Gasteiger partial charge on any atom is 0.471 e. The smallest absolute Gasteiger partial charge is 0.471 e. The van der Waals surface area contributed by atoms with Crippen molar-refractivity contribution >= 4 is 19.5 Å². The van der Waals surface area contributed by atoms with Gasteiger partial charge in [0, 0.05) is 24.0 Å². The molecule has 0 spiro atoms. The lowest BCUT2D eigenvalue weighted by atomic mass is 9.81. The van der Waals surface area contributed by atoms with Gasteiger partial charge in [0.2, 0.25) is 11.7 Å². The van der Waals surface area contributed by atoms with Crippen LogP contribution in [0.5, 0.6) is 17.2 Å².